The highest BCUT2D eigenvalue weighted by atomic mass is 19.4. The van der Waals surface area contributed by atoms with Gasteiger partial charge in [-0.05, 0) is 56.1 Å². The number of pyridine rings is 1. The summed E-state index contributed by atoms with van der Waals surface area (Å²) in [6.07, 6.45) is 0.543. The summed E-state index contributed by atoms with van der Waals surface area (Å²) in [5.74, 6) is 0.667. The van der Waals surface area contributed by atoms with Crippen molar-refractivity contribution in [3.63, 3.8) is 0 Å². The number of hydrogen-bond donors (Lipinski definition) is 2. The van der Waals surface area contributed by atoms with Crippen LogP contribution >= 0.6 is 0 Å². The molecule has 1 aromatic heterocycles. The van der Waals surface area contributed by atoms with Gasteiger partial charge in [0.1, 0.15) is 5.75 Å². The van der Waals surface area contributed by atoms with Crippen molar-refractivity contribution in [2.45, 2.75) is 32.0 Å². The molecule has 1 unspecified atom stereocenters. The minimum Gasteiger partial charge on any atom is -0.493 e. The van der Waals surface area contributed by atoms with E-state index in [0.29, 0.717) is 28.8 Å². The molecule has 0 radical (unpaired) electrons. The lowest BCUT2D eigenvalue weighted by atomic mass is 10.0. The van der Waals surface area contributed by atoms with Gasteiger partial charge in [-0.1, -0.05) is 18.7 Å². The van der Waals surface area contributed by atoms with E-state index in [4.69, 9.17) is 15.2 Å². The van der Waals surface area contributed by atoms with Gasteiger partial charge in [0, 0.05) is 18.3 Å². The summed E-state index contributed by atoms with van der Waals surface area (Å²) in [5, 5.41) is 4.02. The van der Waals surface area contributed by atoms with E-state index in [1.807, 2.05) is 6.92 Å². The second kappa shape index (κ2) is 9.91. The lowest BCUT2D eigenvalue weighted by molar-refractivity contribution is -0.137. The van der Waals surface area contributed by atoms with Gasteiger partial charge in [0.15, 0.2) is 11.5 Å². The van der Waals surface area contributed by atoms with Crippen molar-refractivity contribution in [2.75, 3.05) is 19.0 Å². The molecule has 32 heavy (non-hydrogen) atoms. The Hall–Kier alpha value is -3.26. The van der Waals surface area contributed by atoms with E-state index in [1.165, 1.54) is 19.2 Å². The molecular formula is C24H26F3N3O2. The molecular weight excluding hydrogens is 419 g/mol. The first-order valence-corrected chi connectivity index (χ1v) is 10.2. The minimum atomic E-state index is -4.48. The summed E-state index contributed by atoms with van der Waals surface area (Å²) in [6.45, 7) is 6.49. The molecule has 0 saturated heterocycles. The van der Waals surface area contributed by atoms with Crippen LogP contribution in [0.3, 0.4) is 0 Å². The van der Waals surface area contributed by atoms with Gasteiger partial charge in [-0.15, -0.1) is 0 Å². The van der Waals surface area contributed by atoms with E-state index < -0.39 is 11.7 Å². The van der Waals surface area contributed by atoms with Crippen LogP contribution in [0, 0.1) is 0 Å². The Kier molecular flexibility index (Phi) is 7.25. The third-order valence-electron chi connectivity index (χ3n) is 5.03. The second-order valence-electron chi connectivity index (χ2n) is 7.39. The van der Waals surface area contributed by atoms with Crippen LogP contribution in [0.15, 0.2) is 49.2 Å². The largest absolute Gasteiger partial charge is 0.493 e. The number of nitrogens with two attached hydrogens (primary N) is 1. The number of halogens is 3. The number of hydrogen-bond acceptors (Lipinski definition) is 5. The van der Waals surface area contributed by atoms with Gasteiger partial charge in [-0.25, -0.2) is 0 Å². The monoisotopic (exact) mass is 445 g/mol. The van der Waals surface area contributed by atoms with E-state index in [-0.39, 0.29) is 17.5 Å². The van der Waals surface area contributed by atoms with Crippen LogP contribution in [0.25, 0.3) is 17.0 Å². The first kappa shape index (κ1) is 23.4. The van der Waals surface area contributed by atoms with Gasteiger partial charge >= 0.3 is 6.18 Å². The first-order valence-electron chi connectivity index (χ1n) is 10.2. The fourth-order valence-electron chi connectivity index (χ4n) is 3.46. The van der Waals surface area contributed by atoms with E-state index in [9.17, 15) is 13.2 Å². The Balaban J connectivity index is 2.14. The third kappa shape index (κ3) is 5.13. The lowest BCUT2D eigenvalue weighted by Gasteiger charge is -2.21. The number of benzene rings is 2. The number of fused-ring (bicyclic) bond motifs is 1. The molecule has 0 amide bonds. The molecule has 170 valence electrons. The number of nitrogens with zero attached hydrogens (tertiary/aromatic N) is 1. The summed E-state index contributed by atoms with van der Waals surface area (Å²) in [6, 6.07) is 8.33. The maximum absolute atomic E-state index is 13.2. The summed E-state index contributed by atoms with van der Waals surface area (Å²) in [4.78, 5) is 4.51. The van der Waals surface area contributed by atoms with Crippen molar-refractivity contribution >= 4 is 22.7 Å². The molecule has 8 heteroatoms. The number of anilines is 1. The zero-order valence-corrected chi connectivity index (χ0v) is 18.0. The third-order valence-corrected chi connectivity index (χ3v) is 5.03. The van der Waals surface area contributed by atoms with Crippen LogP contribution in [-0.4, -0.2) is 24.7 Å². The maximum atomic E-state index is 13.2. The Morgan fingerprint density at radius 2 is 2.03 bits per heavy atom. The molecule has 5 nitrogen and oxygen atoms in total. The van der Waals surface area contributed by atoms with Gasteiger partial charge in [-0.3, -0.25) is 4.98 Å². The van der Waals surface area contributed by atoms with Crippen LogP contribution in [0.1, 0.15) is 30.9 Å². The topological polar surface area (TPSA) is 69.4 Å². The summed E-state index contributed by atoms with van der Waals surface area (Å²) >= 11 is 0. The van der Waals surface area contributed by atoms with E-state index in [1.54, 1.807) is 24.4 Å². The molecule has 0 aliphatic rings. The molecule has 0 aliphatic carbocycles. The van der Waals surface area contributed by atoms with Crippen LogP contribution in [0.4, 0.5) is 18.9 Å². The maximum Gasteiger partial charge on any atom is 0.416 e. The number of methoxy groups -OCH3 is 1. The summed E-state index contributed by atoms with van der Waals surface area (Å²) < 4.78 is 51.0. The molecule has 0 saturated carbocycles. The van der Waals surface area contributed by atoms with Gasteiger partial charge < -0.3 is 20.5 Å². The smallest absolute Gasteiger partial charge is 0.416 e. The number of alkyl halides is 3. The lowest BCUT2D eigenvalue weighted by Crippen LogP contribution is -2.17. The van der Waals surface area contributed by atoms with Crippen LogP contribution < -0.4 is 20.5 Å². The average Bonchev–Trinajstić information content (AvgIpc) is 2.78. The highest BCUT2D eigenvalue weighted by Crippen LogP contribution is 2.44. The van der Waals surface area contributed by atoms with E-state index in [2.05, 4.69) is 16.9 Å². The number of aromatic nitrogens is 1. The number of nitrogens with one attached hydrogen (secondary N) is 1. The van der Waals surface area contributed by atoms with Crippen molar-refractivity contribution in [1.82, 2.24) is 4.98 Å². The zero-order valence-electron chi connectivity index (χ0n) is 18.0. The predicted molar refractivity (Wildman–Crippen MR) is 121 cm³/mol. The van der Waals surface area contributed by atoms with Crippen LogP contribution in [0.5, 0.6) is 17.2 Å². The Morgan fingerprint density at radius 3 is 2.69 bits per heavy atom. The average molecular weight is 445 g/mol. The normalized spacial score (nSPS) is 12.4. The van der Waals surface area contributed by atoms with E-state index >= 15 is 0 Å². The minimum absolute atomic E-state index is 0.0373. The molecule has 3 rings (SSSR count). The highest BCUT2D eigenvalue weighted by molar-refractivity contribution is 6.02. The highest BCUT2D eigenvalue weighted by Gasteiger charge is 2.31. The standard InChI is InChI=1S/C24H26F3N3O2/c1-4-16-10-12-29-22-19(30-15(2)7-6-11-28)14-20(31-3)23(21(16)22)32-18-9-5-8-17(13-18)24(25,26)27/h4-5,8-10,12-15,30H,1,6-7,11,28H2,2-3H3. The van der Waals surface area contributed by atoms with Gasteiger partial charge in [0.25, 0.3) is 0 Å². The molecule has 3 aromatic rings. The van der Waals surface area contributed by atoms with Gasteiger partial charge in [-0.2, -0.15) is 13.2 Å². The second-order valence-corrected chi connectivity index (χ2v) is 7.39. The quantitative estimate of drug-likeness (QED) is 0.408. The van der Waals surface area contributed by atoms with E-state index in [0.717, 1.165) is 30.7 Å². The fourth-order valence-corrected chi connectivity index (χ4v) is 3.46. The number of rotatable bonds is 9. The Morgan fingerprint density at radius 1 is 1.25 bits per heavy atom. The van der Waals surface area contributed by atoms with Crippen molar-refractivity contribution in [3.05, 3.63) is 60.3 Å². The van der Waals surface area contributed by atoms with Crippen molar-refractivity contribution < 1.29 is 22.6 Å². The molecule has 0 fully saturated rings. The van der Waals surface area contributed by atoms with Gasteiger partial charge in [0.2, 0.25) is 0 Å². The molecule has 1 atom stereocenters. The molecule has 1 heterocycles. The molecule has 2 aromatic carbocycles. The molecule has 3 N–H and O–H groups in total. The molecule has 0 spiro atoms. The molecule has 0 bridgehead atoms. The Bertz CT molecular complexity index is 1100. The van der Waals surface area contributed by atoms with Crippen molar-refractivity contribution in [3.8, 4) is 17.2 Å². The number of ether oxygens (including phenoxy) is 2. The SMILES string of the molecule is C=Cc1ccnc2c(NC(C)CCCN)cc(OC)c(Oc3cccc(C(F)(F)F)c3)c12. The molecule has 0 aliphatic heterocycles. The summed E-state index contributed by atoms with van der Waals surface area (Å²) in [7, 11) is 1.48. The Labute approximate surface area is 185 Å². The fraction of sp³-hybridized carbons (Fsp3) is 0.292. The van der Waals surface area contributed by atoms with Crippen LogP contribution in [-0.2, 0) is 6.18 Å². The van der Waals surface area contributed by atoms with Crippen molar-refractivity contribution in [1.29, 1.82) is 0 Å². The summed E-state index contributed by atoms with van der Waals surface area (Å²) in [5.41, 5.74) is 6.86. The van der Waals surface area contributed by atoms with Crippen LogP contribution in [0.2, 0.25) is 0 Å². The first-order chi connectivity index (χ1) is 15.3. The van der Waals surface area contributed by atoms with Crippen molar-refractivity contribution in [2.24, 2.45) is 5.73 Å². The zero-order chi connectivity index (χ0) is 23.3. The van der Waals surface area contributed by atoms with Gasteiger partial charge in [0.05, 0.1) is 29.3 Å². The predicted octanol–water partition coefficient (Wildman–Crippen LogP) is 6.24.